The van der Waals surface area contributed by atoms with Crippen LogP contribution in [0.2, 0.25) is 15.1 Å². The molecule has 6 nitrogen and oxygen atoms in total. The maximum Gasteiger partial charge on any atom is 0.307 e. The van der Waals surface area contributed by atoms with Crippen LogP contribution >= 0.6 is 34.8 Å². The van der Waals surface area contributed by atoms with E-state index in [1.807, 2.05) is 0 Å². The van der Waals surface area contributed by atoms with Crippen molar-refractivity contribution in [1.29, 1.82) is 0 Å². The SMILES string of the molecule is O=C(COC(=O)CCS(=O)(=O)c1cc(Cl)ccc1Cl)Nc1ccc(Cl)cc1. The fourth-order valence-corrected chi connectivity index (χ4v) is 4.15. The zero-order valence-electron chi connectivity index (χ0n) is 13.7. The highest BCUT2D eigenvalue weighted by molar-refractivity contribution is 7.91. The maximum atomic E-state index is 12.3. The molecule has 10 heteroatoms. The van der Waals surface area contributed by atoms with Crippen molar-refractivity contribution in [1.82, 2.24) is 0 Å². The number of benzene rings is 2. The van der Waals surface area contributed by atoms with Gasteiger partial charge in [-0.05, 0) is 42.5 Å². The Morgan fingerprint density at radius 3 is 2.26 bits per heavy atom. The van der Waals surface area contributed by atoms with Crippen molar-refractivity contribution in [2.75, 3.05) is 17.7 Å². The Kier molecular flexibility index (Phi) is 7.49. The number of amides is 1. The number of carbonyl (C=O) groups excluding carboxylic acids is 2. The molecule has 2 aromatic carbocycles. The van der Waals surface area contributed by atoms with E-state index in [-0.39, 0.29) is 14.9 Å². The molecule has 0 saturated heterocycles. The minimum Gasteiger partial charge on any atom is -0.456 e. The number of rotatable bonds is 7. The molecule has 0 bridgehead atoms. The molecule has 0 aromatic heterocycles. The average molecular weight is 451 g/mol. The standard InChI is InChI=1S/C17H14Cl3NO5S/c18-11-1-4-13(5-2-11)21-16(22)10-26-17(23)7-8-27(24,25)15-9-12(19)3-6-14(15)20/h1-6,9H,7-8,10H2,(H,21,22). The molecule has 144 valence electrons. The van der Waals surface area contributed by atoms with Gasteiger partial charge < -0.3 is 10.1 Å². The third kappa shape index (κ3) is 6.70. The lowest BCUT2D eigenvalue weighted by atomic mass is 10.3. The van der Waals surface area contributed by atoms with Crippen molar-refractivity contribution in [3.05, 3.63) is 57.5 Å². The fraction of sp³-hybridized carbons (Fsp3) is 0.176. The van der Waals surface area contributed by atoms with Gasteiger partial charge in [-0.25, -0.2) is 8.42 Å². The average Bonchev–Trinajstić information content (AvgIpc) is 2.62. The van der Waals surface area contributed by atoms with Crippen LogP contribution in [-0.2, 0) is 24.2 Å². The highest BCUT2D eigenvalue weighted by atomic mass is 35.5. The first-order valence-corrected chi connectivity index (χ1v) is 10.3. The molecule has 0 saturated carbocycles. The predicted octanol–water partition coefficient (Wildman–Crippen LogP) is 3.99. The molecule has 0 aliphatic heterocycles. The van der Waals surface area contributed by atoms with E-state index in [0.717, 1.165) is 0 Å². The molecule has 1 N–H and O–H groups in total. The maximum absolute atomic E-state index is 12.3. The Balaban J connectivity index is 1.84. The minimum absolute atomic E-state index is 0.00936. The van der Waals surface area contributed by atoms with Crippen LogP contribution < -0.4 is 5.32 Å². The summed E-state index contributed by atoms with van der Waals surface area (Å²) in [6.07, 6.45) is -0.431. The Bertz CT molecular complexity index is 946. The van der Waals surface area contributed by atoms with Gasteiger partial charge in [-0.1, -0.05) is 34.8 Å². The van der Waals surface area contributed by atoms with Crippen LogP contribution in [0.4, 0.5) is 5.69 Å². The van der Waals surface area contributed by atoms with E-state index >= 15 is 0 Å². The molecule has 0 unspecified atom stereocenters. The number of hydrogen-bond donors (Lipinski definition) is 1. The minimum atomic E-state index is -3.83. The lowest BCUT2D eigenvalue weighted by Crippen LogP contribution is -2.22. The zero-order chi connectivity index (χ0) is 20.0. The predicted molar refractivity (Wildman–Crippen MR) is 104 cm³/mol. The van der Waals surface area contributed by atoms with Crippen molar-refractivity contribution in [2.24, 2.45) is 0 Å². The van der Waals surface area contributed by atoms with Crippen molar-refractivity contribution in [3.63, 3.8) is 0 Å². The van der Waals surface area contributed by atoms with Gasteiger partial charge in [0.2, 0.25) is 0 Å². The second-order valence-electron chi connectivity index (χ2n) is 5.36. The van der Waals surface area contributed by atoms with Gasteiger partial charge in [-0.2, -0.15) is 0 Å². The zero-order valence-corrected chi connectivity index (χ0v) is 16.8. The topological polar surface area (TPSA) is 89.5 Å². The normalized spacial score (nSPS) is 11.1. The molecule has 0 fully saturated rings. The van der Waals surface area contributed by atoms with E-state index in [0.29, 0.717) is 10.7 Å². The summed E-state index contributed by atoms with van der Waals surface area (Å²) in [6.45, 7) is -0.542. The quantitative estimate of drug-likeness (QED) is 0.644. The van der Waals surface area contributed by atoms with Gasteiger partial charge in [0, 0.05) is 15.7 Å². The largest absolute Gasteiger partial charge is 0.456 e. The van der Waals surface area contributed by atoms with Gasteiger partial charge in [0.15, 0.2) is 16.4 Å². The number of nitrogens with one attached hydrogen (secondary N) is 1. The number of esters is 1. The first-order valence-electron chi connectivity index (χ1n) is 7.56. The molecule has 27 heavy (non-hydrogen) atoms. The second kappa shape index (κ2) is 9.41. The summed E-state index contributed by atoms with van der Waals surface area (Å²) in [7, 11) is -3.83. The molecule has 2 rings (SSSR count). The van der Waals surface area contributed by atoms with Crippen LogP contribution in [0.1, 0.15) is 6.42 Å². The van der Waals surface area contributed by atoms with Crippen molar-refractivity contribution < 1.29 is 22.7 Å². The van der Waals surface area contributed by atoms with E-state index in [9.17, 15) is 18.0 Å². The Morgan fingerprint density at radius 1 is 0.963 bits per heavy atom. The molecule has 0 aliphatic carbocycles. The summed E-state index contributed by atoms with van der Waals surface area (Å²) < 4.78 is 29.3. The number of hydrogen-bond acceptors (Lipinski definition) is 5. The van der Waals surface area contributed by atoms with Gasteiger partial charge in [-0.15, -0.1) is 0 Å². The molecular formula is C17H14Cl3NO5S. The monoisotopic (exact) mass is 449 g/mol. The van der Waals surface area contributed by atoms with E-state index < -0.39 is 40.5 Å². The highest BCUT2D eigenvalue weighted by Gasteiger charge is 2.21. The summed E-state index contributed by atoms with van der Waals surface area (Å²) in [6, 6.07) is 10.4. The second-order valence-corrected chi connectivity index (χ2v) is 8.72. The number of halogens is 3. The van der Waals surface area contributed by atoms with E-state index in [1.54, 1.807) is 24.3 Å². The first-order chi connectivity index (χ1) is 12.7. The summed E-state index contributed by atoms with van der Waals surface area (Å²) in [5.74, 6) is -1.92. The number of carbonyl (C=O) groups is 2. The molecule has 2 aromatic rings. The Labute approximate surface area is 171 Å². The third-order valence-electron chi connectivity index (χ3n) is 3.30. The summed E-state index contributed by atoms with van der Waals surface area (Å²) >= 11 is 17.4. The van der Waals surface area contributed by atoms with Crippen molar-refractivity contribution in [2.45, 2.75) is 11.3 Å². The lowest BCUT2D eigenvalue weighted by molar-refractivity contribution is -0.146. The molecule has 0 radical (unpaired) electrons. The van der Waals surface area contributed by atoms with Crippen molar-refractivity contribution >= 4 is 62.2 Å². The molecular weight excluding hydrogens is 437 g/mol. The highest BCUT2D eigenvalue weighted by Crippen LogP contribution is 2.26. The van der Waals surface area contributed by atoms with E-state index in [2.05, 4.69) is 5.32 Å². The van der Waals surface area contributed by atoms with Gasteiger partial charge >= 0.3 is 5.97 Å². The van der Waals surface area contributed by atoms with E-state index in [4.69, 9.17) is 39.5 Å². The van der Waals surface area contributed by atoms with Gasteiger partial charge in [0.1, 0.15) is 0 Å². The summed E-state index contributed by atoms with van der Waals surface area (Å²) in [5.41, 5.74) is 0.485. The lowest BCUT2D eigenvalue weighted by Gasteiger charge is -2.08. The third-order valence-corrected chi connectivity index (χ3v) is 5.97. The number of ether oxygens (including phenoxy) is 1. The van der Waals surface area contributed by atoms with Crippen LogP contribution in [0, 0.1) is 0 Å². The molecule has 0 atom stereocenters. The van der Waals surface area contributed by atoms with Crippen LogP contribution in [0.3, 0.4) is 0 Å². The molecule has 1 amide bonds. The molecule has 0 aliphatic rings. The van der Waals surface area contributed by atoms with Gasteiger partial charge in [0.05, 0.1) is 22.1 Å². The van der Waals surface area contributed by atoms with Crippen LogP contribution in [0.25, 0.3) is 0 Å². The van der Waals surface area contributed by atoms with E-state index in [1.165, 1.54) is 18.2 Å². The Hall–Kier alpha value is -1.80. The van der Waals surface area contributed by atoms with Crippen molar-refractivity contribution in [3.8, 4) is 0 Å². The molecule has 0 spiro atoms. The molecule has 0 heterocycles. The Morgan fingerprint density at radius 2 is 1.59 bits per heavy atom. The smallest absolute Gasteiger partial charge is 0.307 e. The fourth-order valence-electron chi connectivity index (χ4n) is 1.99. The van der Waals surface area contributed by atoms with Crippen LogP contribution in [0.15, 0.2) is 47.4 Å². The number of anilines is 1. The number of sulfone groups is 1. The van der Waals surface area contributed by atoms with Gasteiger partial charge in [-0.3, -0.25) is 9.59 Å². The first kappa shape index (κ1) is 21.5. The van der Waals surface area contributed by atoms with Crippen LogP contribution in [-0.4, -0.2) is 32.7 Å². The summed E-state index contributed by atoms with van der Waals surface area (Å²) in [4.78, 5) is 23.3. The van der Waals surface area contributed by atoms with Gasteiger partial charge in [0.25, 0.3) is 5.91 Å². The van der Waals surface area contributed by atoms with Crippen LogP contribution in [0.5, 0.6) is 0 Å². The summed E-state index contributed by atoms with van der Waals surface area (Å²) in [5, 5.41) is 3.24.